The Labute approximate surface area is 206 Å². The minimum absolute atomic E-state index is 0.142. The van der Waals surface area contributed by atoms with Crippen LogP contribution in [0.2, 0.25) is 5.02 Å². The van der Waals surface area contributed by atoms with Crippen molar-refractivity contribution in [3.63, 3.8) is 0 Å². The van der Waals surface area contributed by atoms with Gasteiger partial charge in [0.15, 0.2) is 5.65 Å². The summed E-state index contributed by atoms with van der Waals surface area (Å²) in [5.41, 5.74) is 11.3. The Morgan fingerprint density at radius 2 is 1.66 bits per heavy atom. The summed E-state index contributed by atoms with van der Waals surface area (Å²) in [6.07, 6.45) is 1.67. The number of benzene rings is 3. The standard InChI is InChI=1S/C26H22ClN7O/c1-33(2)19-13-7-16(8-14-19)15-29-34-24(28)22(26(35)30-18-11-9-17(27)10-12-18)23-25(34)32-21-6-4-3-5-20(21)31-23/h3-15H,28H2,1-2H3,(H,30,35)/b29-15-. The van der Waals surface area contributed by atoms with Crippen LogP contribution in [0.4, 0.5) is 17.2 Å². The molecule has 8 nitrogen and oxygen atoms in total. The highest BCUT2D eigenvalue weighted by molar-refractivity contribution is 6.30. The van der Waals surface area contributed by atoms with Gasteiger partial charge < -0.3 is 16.0 Å². The monoisotopic (exact) mass is 483 g/mol. The van der Waals surface area contributed by atoms with Gasteiger partial charge >= 0.3 is 0 Å². The molecular weight excluding hydrogens is 462 g/mol. The summed E-state index contributed by atoms with van der Waals surface area (Å²) < 4.78 is 1.45. The Balaban J connectivity index is 1.61. The number of nitrogen functional groups attached to an aromatic ring is 1. The number of hydrogen-bond acceptors (Lipinski definition) is 6. The fourth-order valence-corrected chi connectivity index (χ4v) is 3.82. The molecule has 0 aliphatic carbocycles. The molecule has 9 heteroatoms. The van der Waals surface area contributed by atoms with Crippen LogP contribution in [-0.4, -0.2) is 40.9 Å². The zero-order valence-electron chi connectivity index (χ0n) is 19.1. The minimum Gasteiger partial charge on any atom is -0.383 e. The summed E-state index contributed by atoms with van der Waals surface area (Å²) in [4.78, 5) is 24.7. The molecule has 0 aliphatic rings. The molecule has 2 heterocycles. The third-order valence-corrected chi connectivity index (χ3v) is 5.79. The average Bonchev–Trinajstić information content (AvgIpc) is 3.13. The van der Waals surface area contributed by atoms with E-state index in [4.69, 9.17) is 27.3 Å². The zero-order valence-corrected chi connectivity index (χ0v) is 19.9. The first kappa shape index (κ1) is 22.4. The fourth-order valence-electron chi connectivity index (χ4n) is 3.70. The maximum absolute atomic E-state index is 13.3. The van der Waals surface area contributed by atoms with Gasteiger partial charge in [-0.2, -0.15) is 9.78 Å². The van der Waals surface area contributed by atoms with Gasteiger partial charge in [0.25, 0.3) is 5.91 Å². The first-order valence-electron chi connectivity index (χ1n) is 10.9. The van der Waals surface area contributed by atoms with E-state index in [9.17, 15) is 4.79 Å². The number of anilines is 3. The smallest absolute Gasteiger partial charge is 0.261 e. The number of halogens is 1. The molecule has 35 heavy (non-hydrogen) atoms. The summed E-state index contributed by atoms with van der Waals surface area (Å²) in [6, 6.07) is 22.2. The maximum Gasteiger partial charge on any atom is 0.261 e. The second-order valence-electron chi connectivity index (χ2n) is 8.15. The Morgan fingerprint density at radius 1 is 1.00 bits per heavy atom. The molecule has 174 valence electrons. The van der Waals surface area contributed by atoms with E-state index in [1.54, 1.807) is 30.5 Å². The molecule has 0 bridgehead atoms. The molecule has 5 rings (SSSR count). The predicted octanol–water partition coefficient (Wildman–Crippen LogP) is 5.02. The van der Waals surface area contributed by atoms with Gasteiger partial charge in [-0.25, -0.2) is 9.97 Å². The van der Waals surface area contributed by atoms with Gasteiger partial charge in [-0.3, -0.25) is 4.79 Å². The summed E-state index contributed by atoms with van der Waals surface area (Å²) in [6.45, 7) is 0. The third kappa shape index (κ3) is 4.39. The normalized spacial score (nSPS) is 11.4. The average molecular weight is 484 g/mol. The van der Waals surface area contributed by atoms with E-state index < -0.39 is 5.91 Å². The van der Waals surface area contributed by atoms with Crippen molar-refractivity contribution in [3.8, 4) is 0 Å². The van der Waals surface area contributed by atoms with Crippen molar-refractivity contribution < 1.29 is 4.79 Å². The number of nitrogens with two attached hydrogens (primary N) is 1. The van der Waals surface area contributed by atoms with Crippen LogP contribution in [-0.2, 0) is 0 Å². The molecule has 0 saturated heterocycles. The van der Waals surface area contributed by atoms with E-state index in [-0.39, 0.29) is 11.4 Å². The van der Waals surface area contributed by atoms with Crippen molar-refractivity contribution in [2.24, 2.45) is 5.10 Å². The highest BCUT2D eigenvalue weighted by atomic mass is 35.5. The number of amides is 1. The van der Waals surface area contributed by atoms with Crippen LogP contribution in [0, 0.1) is 0 Å². The zero-order chi connectivity index (χ0) is 24.5. The Hall–Kier alpha value is -4.43. The van der Waals surface area contributed by atoms with E-state index in [2.05, 4.69) is 10.4 Å². The van der Waals surface area contributed by atoms with Crippen LogP contribution < -0.4 is 16.0 Å². The van der Waals surface area contributed by atoms with Crippen LogP contribution in [0.15, 0.2) is 77.9 Å². The molecule has 1 amide bonds. The molecule has 0 radical (unpaired) electrons. The highest BCUT2D eigenvalue weighted by Gasteiger charge is 2.24. The lowest BCUT2D eigenvalue weighted by molar-refractivity contribution is 0.102. The number of carbonyl (C=O) groups is 1. The van der Waals surface area contributed by atoms with Crippen LogP contribution in [0.5, 0.6) is 0 Å². The van der Waals surface area contributed by atoms with Crippen molar-refractivity contribution in [1.29, 1.82) is 0 Å². The van der Waals surface area contributed by atoms with Crippen LogP contribution in [0.1, 0.15) is 15.9 Å². The Morgan fingerprint density at radius 3 is 2.31 bits per heavy atom. The molecule has 0 unspecified atom stereocenters. The van der Waals surface area contributed by atoms with Crippen molar-refractivity contribution in [1.82, 2.24) is 14.6 Å². The molecule has 3 aromatic carbocycles. The number of fused-ring (bicyclic) bond motifs is 2. The van der Waals surface area contributed by atoms with Gasteiger partial charge in [-0.1, -0.05) is 35.9 Å². The molecule has 3 N–H and O–H groups in total. The van der Waals surface area contributed by atoms with Crippen LogP contribution in [0.3, 0.4) is 0 Å². The summed E-state index contributed by atoms with van der Waals surface area (Å²) in [5.74, 6) is -0.272. The molecule has 2 aromatic heterocycles. The lowest BCUT2D eigenvalue weighted by Gasteiger charge is -2.11. The number of para-hydroxylation sites is 2. The molecule has 5 aromatic rings. The summed E-state index contributed by atoms with van der Waals surface area (Å²) >= 11 is 5.96. The number of rotatable bonds is 5. The second-order valence-corrected chi connectivity index (χ2v) is 8.58. The van der Waals surface area contributed by atoms with E-state index in [1.807, 2.05) is 67.5 Å². The van der Waals surface area contributed by atoms with Crippen LogP contribution in [0.25, 0.3) is 22.2 Å². The van der Waals surface area contributed by atoms with Crippen LogP contribution >= 0.6 is 11.6 Å². The van der Waals surface area contributed by atoms with Gasteiger partial charge in [-0.05, 0) is 54.1 Å². The Kier molecular flexibility index (Phi) is 5.80. The maximum atomic E-state index is 13.3. The van der Waals surface area contributed by atoms with Gasteiger partial charge in [-0.15, -0.1) is 0 Å². The number of aromatic nitrogens is 3. The van der Waals surface area contributed by atoms with Gasteiger partial charge in [0.2, 0.25) is 0 Å². The molecule has 0 fully saturated rings. The number of nitrogens with one attached hydrogen (secondary N) is 1. The van der Waals surface area contributed by atoms with E-state index in [1.165, 1.54) is 4.68 Å². The van der Waals surface area contributed by atoms with E-state index >= 15 is 0 Å². The first-order valence-corrected chi connectivity index (χ1v) is 11.2. The fraction of sp³-hybridized carbons (Fsp3) is 0.0769. The van der Waals surface area contributed by atoms with E-state index in [0.29, 0.717) is 32.9 Å². The molecule has 0 spiro atoms. The number of nitrogens with zero attached hydrogens (tertiary/aromatic N) is 5. The quantitative estimate of drug-likeness (QED) is 0.342. The van der Waals surface area contributed by atoms with Crippen molar-refractivity contribution in [3.05, 3.63) is 88.9 Å². The van der Waals surface area contributed by atoms with Crippen molar-refractivity contribution in [2.75, 3.05) is 30.0 Å². The highest BCUT2D eigenvalue weighted by Crippen LogP contribution is 2.29. The molecular formula is C26H22ClN7O. The summed E-state index contributed by atoms with van der Waals surface area (Å²) in [7, 11) is 3.96. The first-order chi connectivity index (χ1) is 16.9. The van der Waals surface area contributed by atoms with Gasteiger partial charge in [0, 0.05) is 30.5 Å². The second kappa shape index (κ2) is 9.08. The summed E-state index contributed by atoms with van der Waals surface area (Å²) in [5, 5.41) is 7.99. The lowest BCUT2D eigenvalue weighted by Crippen LogP contribution is -2.14. The number of carbonyl (C=O) groups excluding carboxylic acids is 1. The van der Waals surface area contributed by atoms with Gasteiger partial charge in [0.05, 0.1) is 17.2 Å². The number of hydrogen-bond donors (Lipinski definition) is 2. The van der Waals surface area contributed by atoms with Gasteiger partial charge in [0.1, 0.15) is 16.9 Å². The largest absolute Gasteiger partial charge is 0.383 e. The SMILES string of the molecule is CN(C)c1ccc(/C=N\n2c(N)c(C(=O)Nc3ccc(Cl)cc3)c3nc4ccccc4nc32)cc1. The molecule has 0 saturated carbocycles. The Bertz CT molecular complexity index is 1570. The minimum atomic E-state index is -0.413. The predicted molar refractivity (Wildman–Crippen MR) is 143 cm³/mol. The third-order valence-electron chi connectivity index (χ3n) is 5.53. The molecule has 0 atom stereocenters. The van der Waals surface area contributed by atoms with E-state index in [0.717, 1.165) is 11.3 Å². The topological polar surface area (TPSA) is 101 Å². The van der Waals surface area contributed by atoms with Crippen molar-refractivity contribution >= 4 is 63.1 Å². The lowest BCUT2D eigenvalue weighted by atomic mass is 10.2. The molecule has 0 aliphatic heterocycles. The van der Waals surface area contributed by atoms with Crippen molar-refractivity contribution in [2.45, 2.75) is 0 Å².